The molecule has 0 heterocycles. The van der Waals surface area contributed by atoms with E-state index in [1.54, 1.807) is 32.9 Å². The zero-order valence-corrected chi connectivity index (χ0v) is 11.2. The van der Waals surface area contributed by atoms with Crippen molar-refractivity contribution in [3.63, 3.8) is 0 Å². The van der Waals surface area contributed by atoms with Crippen LogP contribution in [0.25, 0.3) is 0 Å². The highest BCUT2D eigenvalue weighted by atomic mass is 16.3. The van der Waals surface area contributed by atoms with E-state index in [0.29, 0.717) is 12.0 Å². The number of aliphatic hydroxyl groups is 2. The second kappa shape index (κ2) is 4.07. The van der Waals surface area contributed by atoms with Crippen molar-refractivity contribution in [2.45, 2.75) is 52.2 Å². The minimum absolute atomic E-state index is 0.0360. The molecule has 0 saturated carbocycles. The maximum Gasteiger partial charge on any atom is 0.156 e. The Labute approximate surface area is 103 Å². The minimum atomic E-state index is -1.18. The number of allylic oxidation sites excluding steroid dienone is 1. The van der Waals surface area contributed by atoms with Crippen LogP contribution in [0.15, 0.2) is 23.8 Å². The maximum atomic E-state index is 11.5. The van der Waals surface area contributed by atoms with Crippen molar-refractivity contribution in [1.29, 1.82) is 0 Å². The predicted molar refractivity (Wildman–Crippen MR) is 67.5 cm³/mol. The summed E-state index contributed by atoms with van der Waals surface area (Å²) in [7, 11) is 0. The highest BCUT2D eigenvalue weighted by Gasteiger charge is 2.46. The fourth-order valence-corrected chi connectivity index (χ4v) is 2.19. The molecule has 1 atom stereocenters. The van der Waals surface area contributed by atoms with Gasteiger partial charge in [0.2, 0.25) is 0 Å². The first-order valence-electron chi connectivity index (χ1n) is 5.85. The monoisotopic (exact) mass is 238 g/mol. The fraction of sp³-hybridized carbons (Fsp3) is 0.643. The summed E-state index contributed by atoms with van der Waals surface area (Å²) < 4.78 is 0. The molecule has 0 saturated heterocycles. The Kier molecular flexibility index (Phi) is 3.38. The molecule has 17 heavy (non-hydrogen) atoms. The van der Waals surface area contributed by atoms with Gasteiger partial charge in [0, 0.05) is 11.8 Å². The molecule has 1 aliphatic rings. The summed E-state index contributed by atoms with van der Waals surface area (Å²) >= 11 is 0. The van der Waals surface area contributed by atoms with E-state index in [-0.39, 0.29) is 5.78 Å². The normalized spacial score (nSPS) is 29.6. The van der Waals surface area contributed by atoms with E-state index in [9.17, 15) is 15.0 Å². The molecular weight excluding hydrogens is 216 g/mol. The molecule has 0 aromatic heterocycles. The van der Waals surface area contributed by atoms with Crippen molar-refractivity contribution in [3.05, 3.63) is 23.8 Å². The number of hydrogen-bond donors (Lipinski definition) is 2. The van der Waals surface area contributed by atoms with Gasteiger partial charge in [0.1, 0.15) is 5.60 Å². The standard InChI is InChI=1S/C14H22O3/c1-10-8-11(15)9-12(2,3)14(10,17)7-6-13(4,5)16/h6-8,16-17H,9H2,1-5H3/t14-/m1/s1. The molecule has 1 rings (SSSR count). The minimum Gasteiger partial charge on any atom is -0.386 e. The molecule has 0 amide bonds. The van der Waals surface area contributed by atoms with Crippen LogP contribution in [0.1, 0.15) is 41.0 Å². The molecule has 0 aromatic rings. The number of ketones is 1. The lowest BCUT2D eigenvalue weighted by Gasteiger charge is -2.44. The van der Waals surface area contributed by atoms with E-state index in [1.807, 2.05) is 13.8 Å². The molecule has 0 fully saturated rings. The maximum absolute atomic E-state index is 11.5. The van der Waals surface area contributed by atoms with Crippen LogP contribution in [-0.4, -0.2) is 27.2 Å². The van der Waals surface area contributed by atoms with Crippen LogP contribution in [-0.2, 0) is 4.79 Å². The molecule has 96 valence electrons. The lowest BCUT2D eigenvalue weighted by molar-refractivity contribution is -0.121. The van der Waals surface area contributed by atoms with Gasteiger partial charge >= 0.3 is 0 Å². The predicted octanol–water partition coefficient (Wildman–Crippen LogP) is 1.99. The van der Waals surface area contributed by atoms with Crippen LogP contribution in [0.2, 0.25) is 0 Å². The van der Waals surface area contributed by atoms with Crippen molar-refractivity contribution in [2.24, 2.45) is 5.41 Å². The van der Waals surface area contributed by atoms with Gasteiger partial charge < -0.3 is 10.2 Å². The molecule has 0 unspecified atom stereocenters. The van der Waals surface area contributed by atoms with E-state index < -0.39 is 16.6 Å². The summed E-state index contributed by atoms with van der Waals surface area (Å²) in [4.78, 5) is 11.5. The van der Waals surface area contributed by atoms with Crippen LogP contribution in [0, 0.1) is 5.41 Å². The largest absolute Gasteiger partial charge is 0.386 e. The first-order chi connectivity index (χ1) is 7.48. The Morgan fingerprint density at radius 3 is 2.35 bits per heavy atom. The Balaban J connectivity index is 3.20. The third-order valence-corrected chi connectivity index (χ3v) is 3.36. The lowest BCUT2D eigenvalue weighted by Crippen LogP contribution is -2.48. The van der Waals surface area contributed by atoms with E-state index >= 15 is 0 Å². The number of rotatable bonds is 2. The molecular formula is C14H22O3. The fourth-order valence-electron chi connectivity index (χ4n) is 2.19. The number of carbonyl (C=O) groups excluding carboxylic acids is 1. The van der Waals surface area contributed by atoms with Crippen LogP contribution in [0.3, 0.4) is 0 Å². The van der Waals surface area contributed by atoms with Crippen LogP contribution in [0.5, 0.6) is 0 Å². The number of hydrogen-bond acceptors (Lipinski definition) is 3. The Morgan fingerprint density at radius 2 is 1.94 bits per heavy atom. The van der Waals surface area contributed by atoms with Gasteiger partial charge in [-0.05, 0) is 38.5 Å². The van der Waals surface area contributed by atoms with Crippen molar-refractivity contribution in [2.75, 3.05) is 0 Å². The zero-order valence-electron chi connectivity index (χ0n) is 11.2. The molecule has 0 spiro atoms. The third-order valence-electron chi connectivity index (χ3n) is 3.36. The van der Waals surface area contributed by atoms with E-state index in [1.165, 1.54) is 6.08 Å². The van der Waals surface area contributed by atoms with Gasteiger partial charge in [0.15, 0.2) is 5.78 Å². The van der Waals surface area contributed by atoms with Crippen molar-refractivity contribution < 1.29 is 15.0 Å². The third kappa shape index (κ3) is 2.85. The second-order valence-electron chi connectivity index (χ2n) is 6.11. The average molecular weight is 238 g/mol. The quantitative estimate of drug-likeness (QED) is 0.723. The first kappa shape index (κ1) is 14.1. The van der Waals surface area contributed by atoms with Gasteiger partial charge in [0.25, 0.3) is 0 Å². The van der Waals surface area contributed by atoms with E-state index in [4.69, 9.17) is 0 Å². The van der Waals surface area contributed by atoms with Crippen LogP contribution in [0.4, 0.5) is 0 Å². The summed E-state index contributed by atoms with van der Waals surface area (Å²) in [6.07, 6.45) is 4.96. The van der Waals surface area contributed by atoms with Crippen molar-refractivity contribution >= 4 is 5.78 Å². The van der Waals surface area contributed by atoms with Gasteiger partial charge in [-0.25, -0.2) is 0 Å². The van der Waals surface area contributed by atoms with Crippen molar-refractivity contribution in [3.8, 4) is 0 Å². The molecule has 0 aromatic carbocycles. The second-order valence-corrected chi connectivity index (χ2v) is 6.11. The Hall–Kier alpha value is -0.930. The van der Waals surface area contributed by atoms with Gasteiger partial charge in [-0.1, -0.05) is 19.9 Å². The van der Waals surface area contributed by atoms with E-state index in [0.717, 1.165) is 0 Å². The average Bonchev–Trinajstić information content (AvgIpc) is 2.09. The molecule has 0 radical (unpaired) electrons. The molecule has 1 aliphatic carbocycles. The highest BCUT2D eigenvalue weighted by Crippen LogP contribution is 2.44. The molecule has 3 nitrogen and oxygen atoms in total. The lowest BCUT2D eigenvalue weighted by atomic mass is 9.64. The van der Waals surface area contributed by atoms with Crippen LogP contribution >= 0.6 is 0 Å². The summed E-state index contributed by atoms with van der Waals surface area (Å²) in [6.45, 7) is 8.75. The summed E-state index contributed by atoms with van der Waals surface area (Å²) in [5.41, 5.74) is -2.10. The molecule has 0 aliphatic heterocycles. The highest BCUT2D eigenvalue weighted by molar-refractivity contribution is 5.92. The van der Waals surface area contributed by atoms with Gasteiger partial charge in [-0.3, -0.25) is 4.79 Å². The Bertz CT molecular complexity index is 383. The Morgan fingerprint density at radius 1 is 1.41 bits per heavy atom. The topological polar surface area (TPSA) is 57.5 Å². The van der Waals surface area contributed by atoms with Gasteiger partial charge in [-0.2, -0.15) is 0 Å². The SMILES string of the molecule is CC1=CC(=O)CC(C)(C)[C@@]1(O)C=CC(C)(C)O. The first-order valence-corrected chi connectivity index (χ1v) is 5.85. The number of carbonyl (C=O) groups is 1. The van der Waals surface area contributed by atoms with E-state index in [2.05, 4.69) is 0 Å². The smallest absolute Gasteiger partial charge is 0.156 e. The van der Waals surface area contributed by atoms with Gasteiger partial charge in [-0.15, -0.1) is 0 Å². The van der Waals surface area contributed by atoms with Gasteiger partial charge in [0.05, 0.1) is 5.60 Å². The zero-order chi connectivity index (χ0) is 13.5. The summed E-state index contributed by atoms with van der Waals surface area (Å²) in [5.74, 6) is 0.0360. The van der Waals surface area contributed by atoms with Crippen LogP contribution < -0.4 is 0 Å². The van der Waals surface area contributed by atoms with Crippen molar-refractivity contribution in [1.82, 2.24) is 0 Å². The summed E-state index contributed by atoms with van der Waals surface area (Å²) in [5, 5.41) is 20.4. The molecule has 0 bridgehead atoms. The molecule has 3 heteroatoms. The summed E-state index contributed by atoms with van der Waals surface area (Å²) in [6, 6.07) is 0. The molecule has 2 N–H and O–H groups in total.